The number of hydrogen-bond acceptors (Lipinski definition) is 4. The Morgan fingerprint density at radius 1 is 1.07 bits per heavy atom. The fourth-order valence-electron chi connectivity index (χ4n) is 3.86. The van der Waals surface area contributed by atoms with Gasteiger partial charge in [-0.1, -0.05) is 24.3 Å². The van der Waals surface area contributed by atoms with Crippen LogP contribution in [0.1, 0.15) is 21.3 Å². The van der Waals surface area contributed by atoms with E-state index in [4.69, 9.17) is 0 Å². The van der Waals surface area contributed by atoms with Crippen LogP contribution in [0.3, 0.4) is 0 Å². The van der Waals surface area contributed by atoms with E-state index in [0.29, 0.717) is 16.1 Å². The van der Waals surface area contributed by atoms with Crippen LogP contribution in [-0.2, 0) is 4.79 Å². The van der Waals surface area contributed by atoms with Gasteiger partial charge in [0.2, 0.25) is 5.78 Å². The lowest BCUT2D eigenvalue weighted by Gasteiger charge is -2.26. The first-order valence-electron chi connectivity index (χ1n) is 9.22. The molecule has 1 aliphatic heterocycles. The van der Waals surface area contributed by atoms with E-state index in [9.17, 15) is 19.1 Å². The molecule has 0 saturated heterocycles. The molecular formula is C23H15FN2O3S. The number of para-hydroxylation sites is 1. The van der Waals surface area contributed by atoms with Crippen LogP contribution in [0.15, 0.2) is 83.6 Å². The number of fused-ring (bicyclic) bond motifs is 1. The van der Waals surface area contributed by atoms with Crippen LogP contribution in [-0.4, -0.2) is 21.8 Å². The summed E-state index contributed by atoms with van der Waals surface area (Å²) in [5.41, 5.74) is 1.91. The first-order valence-corrected chi connectivity index (χ1v) is 10.1. The van der Waals surface area contributed by atoms with Gasteiger partial charge in [0.05, 0.1) is 16.5 Å². The third kappa shape index (κ3) is 2.74. The molecule has 2 aromatic heterocycles. The van der Waals surface area contributed by atoms with Gasteiger partial charge in [0.25, 0.3) is 5.91 Å². The molecule has 7 heteroatoms. The van der Waals surface area contributed by atoms with Crippen molar-refractivity contribution in [1.29, 1.82) is 0 Å². The summed E-state index contributed by atoms with van der Waals surface area (Å²) in [5, 5.41) is 13.3. The maximum Gasteiger partial charge on any atom is 0.294 e. The maximum atomic E-state index is 13.5. The van der Waals surface area contributed by atoms with Crippen molar-refractivity contribution in [3.8, 4) is 0 Å². The van der Waals surface area contributed by atoms with Crippen LogP contribution >= 0.6 is 11.3 Å². The highest BCUT2D eigenvalue weighted by Gasteiger charge is 2.45. The Kier molecular flexibility index (Phi) is 4.25. The first-order chi connectivity index (χ1) is 14.6. The van der Waals surface area contributed by atoms with Crippen molar-refractivity contribution in [2.24, 2.45) is 0 Å². The van der Waals surface area contributed by atoms with Gasteiger partial charge < -0.3 is 10.1 Å². The average Bonchev–Trinajstić information content (AvgIpc) is 3.48. The highest BCUT2D eigenvalue weighted by atomic mass is 32.1. The van der Waals surface area contributed by atoms with Crippen molar-refractivity contribution in [2.75, 3.05) is 4.90 Å². The molecule has 4 aromatic rings. The summed E-state index contributed by atoms with van der Waals surface area (Å²) in [4.78, 5) is 31.3. The molecule has 3 heterocycles. The van der Waals surface area contributed by atoms with Crippen molar-refractivity contribution in [3.63, 3.8) is 0 Å². The summed E-state index contributed by atoms with van der Waals surface area (Å²) in [7, 11) is 0. The molecule has 1 unspecified atom stereocenters. The fourth-order valence-corrected chi connectivity index (χ4v) is 4.54. The van der Waals surface area contributed by atoms with E-state index in [2.05, 4.69) is 4.98 Å². The maximum absolute atomic E-state index is 13.5. The summed E-state index contributed by atoms with van der Waals surface area (Å²) in [6.07, 6.45) is 1.74. The standard InChI is InChI=1S/C23H15FN2O3S/c24-13-7-9-14(10-8-13)26-20(16-12-25-17-5-2-1-4-15(16)17)19(22(28)23(26)29)21(27)18-6-3-11-30-18/h1-12,20,25,28H. The van der Waals surface area contributed by atoms with Gasteiger partial charge in [-0.3, -0.25) is 14.5 Å². The minimum atomic E-state index is -0.853. The number of ketones is 1. The SMILES string of the molecule is O=C(C1=C(O)C(=O)N(c2ccc(F)cc2)C1c1c[nH]c2ccccc12)c1cccs1. The van der Waals surface area contributed by atoms with Gasteiger partial charge in [-0.25, -0.2) is 4.39 Å². The van der Waals surface area contributed by atoms with Crippen LogP contribution in [0.5, 0.6) is 0 Å². The van der Waals surface area contributed by atoms with Crippen molar-refractivity contribution in [2.45, 2.75) is 6.04 Å². The third-order valence-corrected chi connectivity index (χ3v) is 6.09. The number of hydrogen-bond donors (Lipinski definition) is 2. The Morgan fingerprint density at radius 2 is 1.83 bits per heavy atom. The van der Waals surface area contributed by atoms with Gasteiger partial charge >= 0.3 is 0 Å². The van der Waals surface area contributed by atoms with E-state index >= 15 is 0 Å². The number of carbonyl (C=O) groups is 2. The number of thiophene rings is 1. The number of H-pyrrole nitrogens is 1. The minimum Gasteiger partial charge on any atom is -0.503 e. The molecule has 2 N–H and O–H groups in total. The monoisotopic (exact) mass is 418 g/mol. The molecule has 30 heavy (non-hydrogen) atoms. The highest BCUT2D eigenvalue weighted by molar-refractivity contribution is 7.12. The van der Waals surface area contributed by atoms with Gasteiger partial charge in [0, 0.05) is 28.4 Å². The van der Waals surface area contributed by atoms with E-state index in [0.717, 1.165) is 10.9 Å². The number of aliphatic hydroxyl groups is 1. The Morgan fingerprint density at radius 3 is 2.57 bits per heavy atom. The highest BCUT2D eigenvalue weighted by Crippen LogP contribution is 2.44. The van der Waals surface area contributed by atoms with E-state index in [-0.39, 0.29) is 5.57 Å². The number of nitrogens with zero attached hydrogens (tertiary/aromatic N) is 1. The number of aliphatic hydroxyl groups excluding tert-OH is 1. The van der Waals surface area contributed by atoms with Gasteiger partial charge in [-0.15, -0.1) is 11.3 Å². The predicted octanol–water partition coefficient (Wildman–Crippen LogP) is 5.15. The van der Waals surface area contributed by atoms with E-state index in [1.165, 1.54) is 40.5 Å². The molecule has 0 aliphatic carbocycles. The van der Waals surface area contributed by atoms with Crippen LogP contribution in [0, 0.1) is 5.82 Å². The molecule has 0 saturated carbocycles. The molecule has 1 aliphatic rings. The van der Waals surface area contributed by atoms with Crippen LogP contribution in [0.4, 0.5) is 10.1 Å². The molecule has 1 amide bonds. The van der Waals surface area contributed by atoms with Gasteiger partial charge in [0.15, 0.2) is 5.76 Å². The molecular weight excluding hydrogens is 403 g/mol. The number of carbonyl (C=O) groups excluding carboxylic acids is 2. The zero-order valence-electron chi connectivity index (χ0n) is 15.5. The summed E-state index contributed by atoms with van der Waals surface area (Å²) in [6, 6.07) is 15.5. The second kappa shape index (κ2) is 6.96. The number of aromatic nitrogens is 1. The van der Waals surface area contributed by atoms with Crippen LogP contribution in [0.2, 0.25) is 0 Å². The zero-order valence-corrected chi connectivity index (χ0v) is 16.3. The van der Waals surface area contributed by atoms with E-state index < -0.39 is 29.3 Å². The summed E-state index contributed by atoms with van der Waals surface area (Å²) in [6.45, 7) is 0. The quantitative estimate of drug-likeness (QED) is 0.450. The third-order valence-electron chi connectivity index (χ3n) is 5.22. The Hall–Kier alpha value is -3.71. The lowest BCUT2D eigenvalue weighted by atomic mass is 9.94. The topological polar surface area (TPSA) is 73.4 Å². The van der Waals surface area contributed by atoms with Crippen molar-refractivity contribution in [1.82, 2.24) is 4.98 Å². The molecule has 2 aromatic carbocycles. The second-order valence-corrected chi connectivity index (χ2v) is 7.86. The van der Waals surface area contributed by atoms with Crippen molar-refractivity contribution >= 4 is 39.6 Å². The zero-order chi connectivity index (χ0) is 20.8. The molecule has 0 bridgehead atoms. The lowest BCUT2D eigenvalue weighted by molar-refractivity contribution is -0.117. The number of nitrogens with one attached hydrogen (secondary N) is 1. The van der Waals surface area contributed by atoms with Crippen LogP contribution in [0.25, 0.3) is 10.9 Å². The molecule has 0 spiro atoms. The largest absolute Gasteiger partial charge is 0.503 e. The summed E-state index contributed by atoms with van der Waals surface area (Å²) in [5.74, 6) is -2.14. The second-order valence-electron chi connectivity index (χ2n) is 6.91. The predicted molar refractivity (Wildman–Crippen MR) is 113 cm³/mol. The summed E-state index contributed by atoms with van der Waals surface area (Å²) < 4.78 is 13.5. The number of amides is 1. The number of benzene rings is 2. The fraction of sp³-hybridized carbons (Fsp3) is 0.0435. The Balaban J connectivity index is 1.73. The number of anilines is 1. The number of rotatable bonds is 4. The molecule has 5 rings (SSSR count). The smallest absolute Gasteiger partial charge is 0.294 e. The van der Waals surface area contributed by atoms with Gasteiger partial charge in [-0.2, -0.15) is 0 Å². The Bertz CT molecular complexity index is 1310. The summed E-state index contributed by atoms with van der Waals surface area (Å²) >= 11 is 1.24. The van der Waals surface area contributed by atoms with Crippen molar-refractivity contribution < 1.29 is 19.1 Å². The molecule has 148 valence electrons. The van der Waals surface area contributed by atoms with E-state index in [1.54, 1.807) is 23.7 Å². The average molecular weight is 418 g/mol. The van der Waals surface area contributed by atoms with Crippen LogP contribution < -0.4 is 4.90 Å². The Labute approximate surface area is 174 Å². The molecule has 1 atom stereocenters. The minimum absolute atomic E-state index is 0.0107. The van der Waals surface area contributed by atoms with Crippen molar-refractivity contribution in [3.05, 3.63) is 99.8 Å². The van der Waals surface area contributed by atoms with Gasteiger partial charge in [0.1, 0.15) is 5.82 Å². The number of aromatic amines is 1. The van der Waals surface area contributed by atoms with Gasteiger partial charge in [-0.05, 0) is 41.8 Å². The lowest BCUT2D eigenvalue weighted by Crippen LogP contribution is -2.30. The molecule has 0 radical (unpaired) electrons. The normalized spacial score (nSPS) is 16.6. The number of halogens is 1. The first kappa shape index (κ1) is 18.3. The molecule has 0 fully saturated rings. The van der Waals surface area contributed by atoms with E-state index in [1.807, 2.05) is 24.3 Å². The number of Topliss-reactive ketones (excluding diaryl/α,β-unsaturated/α-hetero) is 1. The molecule has 5 nitrogen and oxygen atoms in total.